The molecule has 0 fully saturated rings. The maximum Gasteiger partial charge on any atom is 0.354 e. The predicted octanol–water partition coefficient (Wildman–Crippen LogP) is 2.22. The first kappa shape index (κ1) is 12.6. The van der Waals surface area contributed by atoms with Gasteiger partial charge < -0.3 is 15.5 Å². The Kier molecular flexibility index (Phi) is 3.42. The number of rotatable bonds is 4. The number of carboxylic acids is 2. The minimum absolute atomic E-state index is 0.321. The van der Waals surface area contributed by atoms with Crippen molar-refractivity contribution in [1.82, 2.24) is 4.98 Å². The van der Waals surface area contributed by atoms with Crippen LogP contribution in [0.3, 0.4) is 0 Å². The highest BCUT2D eigenvalue weighted by Crippen LogP contribution is 2.18. The molecule has 2 aromatic rings. The van der Waals surface area contributed by atoms with Crippen molar-refractivity contribution in [1.29, 1.82) is 0 Å². The van der Waals surface area contributed by atoms with Crippen LogP contribution in [0.5, 0.6) is 0 Å². The van der Waals surface area contributed by atoms with Gasteiger partial charge in [0, 0.05) is 11.4 Å². The van der Waals surface area contributed by atoms with Crippen molar-refractivity contribution in [3.8, 4) is 0 Å². The fraction of sp³-hybridized carbons (Fsp3) is 0. The van der Waals surface area contributed by atoms with Gasteiger partial charge >= 0.3 is 11.9 Å². The monoisotopic (exact) mass is 258 g/mol. The number of carboxylic acid groups (broad SMARTS) is 2. The van der Waals surface area contributed by atoms with Crippen molar-refractivity contribution < 1.29 is 19.8 Å². The number of benzene rings is 1. The third-order valence-corrected chi connectivity index (χ3v) is 2.33. The Bertz CT molecular complexity index is 594. The molecule has 96 valence electrons. The number of hydrogen-bond donors (Lipinski definition) is 3. The van der Waals surface area contributed by atoms with Crippen LogP contribution >= 0.6 is 0 Å². The lowest BCUT2D eigenvalue weighted by Crippen LogP contribution is -2.08. The van der Waals surface area contributed by atoms with E-state index in [1.165, 1.54) is 12.1 Å². The molecule has 19 heavy (non-hydrogen) atoms. The normalized spacial score (nSPS) is 9.89. The summed E-state index contributed by atoms with van der Waals surface area (Å²) in [6.45, 7) is 0. The van der Waals surface area contributed by atoms with Crippen molar-refractivity contribution in [2.75, 3.05) is 5.32 Å². The lowest BCUT2D eigenvalue weighted by atomic mass is 10.2. The maximum atomic E-state index is 10.9. The molecule has 0 saturated carbocycles. The number of hydrogen-bond acceptors (Lipinski definition) is 4. The maximum absolute atomic E-state index is 10.9. The second kappa shape index (κ2) is 5.18. The van der Waals surface area contributed by atoms with Gasteiger partial charge in [-0.1, -0.05) is 18.2 Å². The number of pyridine rings is 1. The summed E-state index contributed by atoms with van der Waals surface area (Å²) in [4.78, 5) is 25.3. The van der Waals surface area contributed by atoms with E-state index in [2.05, 4.69) is 10.3 Å². The molecule has 6 heteroatoms. The molecular formula is C13H10N2O4. The molecule has 0 aliphatic carbocycles. The van der Waals surface area contributed by atoms with Gasteiger partial charge in [-0.2, -0.15) is 0 Å². The summed E-state index contributed by atoms with van der Waals surface area (Å²) in [5.41, 5.74) is 0.439. The second-order valence-corrected chi connectivity index (χ2v) is 3.73. The molecule has 0 unspecified atom stereocenters. The quantitative estimate of drug-likeness (QED) is 0.777. The first-order valence-electron chi connectivity index (χ1n) is 5.37. The van der Waals surface area contributed by atoms with Gasteiger partial charge in [-0.15, -0.1) is 0 Å². The Morgan fingerprint density at radius 2 is 1.42 bits per heavy atom. The number of nitrogens with one attached hydrogen (secondary N) is 1. The van der Waals surface area contributed by atoms with Crippen molar-refractivity contribution in [3.63, 3.8) is 0 Å². The topological polar surface area (TPSA) is 99.5 Å². The summed E-state index contributed by atoms with van der Waals surface area (Å²) in [6, 6.07) is 11.6. The second-order valence-electron chi connectivity index (χ2n) is 3.73. The highest BCUT2D eigenvalue weighted by Gasteiger charge is 2.13. The molecule has 0 amide bonds. The Morgan fingerprint density at radius 1 is 0.895 bits per heavy atom. The Hall–Kier alpha value is -2.89. The zero-order chi connectivity index (χ0) is 13.8. The smallest absolute Gasteiger partial charge is 0.354 e. The average molecular weight is 258 g/mol. The van der Waals surface area contributed by atoms with E-state index in [0.29, 0.717) is 5.69 Å². The van der Waals surface area contributed by atoms with Crippen LogP contribution in [0.25, 0.3) is 0 Å². The fourth-order valence-electron chi connectivity index (χ4n) is 1.51. The van der Waals surface area contributed by atoms with Crippen molar-refractivity contribution in [2.45, 2.75) is 0 Å². The number of carbonyl (C=O) groups is 2. The molecule has 2 rings (SSSR count). The van der Waals surface area contributed by atoms with E-state index in [-0.39, 0.29) is 11.4 Å². The Labute approximate surface area is 108 Å². The van der Waals surface area contributed by atoms with Crippen LogP contribution in [-0.4, -0.2) is 27.1 Å². The summed E-state index contributed by atoms with van der Waals surface area (Å²) in [6.07, 6.45) is 0. The van der Waals surface area contributed by atoms with E-state index in [0.717, 1.165) is 5.69 Å². The Balaban J connectivity index is 2.39. The molecule has 1 heterocycles. The minimum atomic E-state index is -1.28. The number of anilines is 2. The van der Waals surface area contributed by atoms with E-state index in [1.54, 1.807) is 24.3 Å². The van der Waals surface area contributed by atoms with E-state index < -0.39 is 11.9 Å². The van der Waals surface area contributed by atoms with E-state index in [4.69, 9.17) is 10.2 Å². The van der Waals surface area contributed by atoms with Gasteiger partial charge in [0.25, 0.3) is 0 Å². The van der Waals surface area contributed by atoms with E-state index in [1.807, 2.05) is 6.07 Å². The number of aromatic nitrogens is 1. The van der Waals surface area contributed by atoms with Gasteiger partial charge in [-0.05, 0) is 24.3 Å². The van der Waals surface area contributed by atoms with Gasteiger partial charge in [0.1, 0.15) is 0 Å². The van der Waals surface area contributed by atoms with Crippen LogP contribution < -0.4 is 5.32 Å². The first-order valence-corrected chi connectivity index (χ1v) is 5.37. The summed E-state index contributed by atoms with van der Waals surface area (Å²) >= 11 is 0. The van der Waals surface area contributed by atoms with Crippen LogP contribution in [0, 0.1) is 0 Å². The Morgan fingerprint density at radius 3 is 1.89 bits per heavy atom. The van der Waals surface area contributed by atoms with Gasteiger partial charge in [0.15, 0.2) is 11.4 Å². The van der Waals surface area contributed by atoms with Crippen molar-refractivity contribution in [3.05, 3.63) is 53.9 Å². The van der Waals surface area contributed by atoms with Crippen LogP contribution in [0.4, 0.5) is 11.4 Å². The van der Waals surface area contributed by atoms with Crippen molar-refractivity contribution >= 4 is 23.3 Å². The number of aromatic carboxylic acids is 2. The molecule has 1 aromatic carbocycles. The lowest BCUT2D eigenvalue weighted by Gasteiger charge is -2.08. The highest BCUT2D eigenvalue weighted by molar-refractivity contribution is 5.92. The molecule has 0 saturated heterocycles. The zero-order valence-electron chi connectivity index (χ0n) is 9.70. The molecule has 0 bridgehead atoms. The minimum Gasteiger partial charge on any atom is -0.477 e. The molecule has 0 spiro atoms. The fourth-order valence-corrected chi connectivity index (χ4v) is 1.51. The molecule has 6 nitrogen and oxygen atoms in total. The van der Waals surface area contributed by atoms with Crippen molar-refractivity contribution in [2.24, 2.45) is 0 Å². The zero-order valence-corrected chi connectivity index (χ0v) is 9.70. The van der Waals surface area contributed by atoms with E-state index >= 15 is 0 Å². The predicted molar refractivity (Wildman–Crippen MR) is 67.9 cm³/mol. The standard InChI is InChI=1S/C13H10N2O4/c16-12(17)10-6-9(7-11(15-10)13(18)19)14-8-4-2-1-3-5-8/h1-7H,(H,14,15)(H,16,17)(H,18,19). The third kappa shape index (κ3) is 3.06. The molecule has 1 aromatic heterocycles. The molecule has 0 radical (unpaired) electrons. The number of nitrogens with zero attached hydrogens (tertiary/aromatic N) is 1. The van der Waals surface area contributed by atoms with Gasteiger partial charge in [-0.25, -0.2) is 14.6 Å². The number of para-hydroxylation sites is 1. The molecule has 0 aliphatic rings. The third-order valence-electron chi connectivity index (χ3n) is 2.33. The lowest BCUT2D eigenvalue weighted by molar-refractivity contribution is 0.0685. The molecule has 0 atom stereocenters. The van der Waals surface area contributed by atoms with Gasteiger partial charge in [0.2, 0.25) is 0 Å². The SMILES string of the molecule is O=C(O)c1cc(Nc2ccccc2)cc(C(=O)O)n1. The summed E-state index contributed by atoms with van der Waals surface area (Å²) in [7, 11) is 0. The van der Waals surface area contributed by atoms with E-state index in [9.17, 15) is 9.59 Å². The van der Waals surface area contributed by atoms with Gasteiger partial charge in [-0.3, -0.25) is 0 Å². The van der Waals surface area contributed by atoms with Crippen LogP contribution in [0.1, 0.15) is 21.0 Å². The molecular weight excluding hydrogens is 248 g/mol. The largest absolute Gasteiger partial charge is 0.477 e. The van der Waals surface area contributed by atoms with Crippen LogP contribution in [0.2, 0.25) is 0 Å². The summed E-state index contributed by atoms with van der Waals surface area (Å²) in [5.74, 6) is -2.56. The summed E-state index contributed by atoms with van der Waals surface area (Å²) in [5, 5.41) is 20.7. The molecule has 3 N–H and O–H groups in total. The van der Waals surface area contributed by atoms with Crippen LogP contribution in [-0.2, 0) is 0 Å². The first-order chi connectivity index (χ1) is 9.06. The molecule has 0 aliphatic heterocycles. The average Bonchev–Trinajstić information content (AvgIpc) is 2.39. The summed E-state index contributed by atoms with van der Waals surface area (Å²) < 4.78 is 0. The van der Waals surface area contributed by atoms with Crippen LogP contribution in [0.15, 0.2) is 42.5 Å². The highest BCUT2D eigenvalue weighted by atomic mass is 16.4. The van der Waals surface area contributed by atoms with Gasteiger partial charge in [0.05, 0.1) is 0 Å².